The smallest absolute Gasteiger partial charge is 0.410 e. The Labute approximate surface area is 202 Å². The Hall–Kier alpha value is -2.54. The van der Waals surface area contributed by atoms with E-state index in [2.05, 4.69) is 40.3 Å². The van der Waals surface area contributed by atoms with Crippen molar-refractivity contribution in [3.05, 3.63) is 36.0 Å². The molecule has 2 saturated heterocycles. The van der Waals surface area contributed by atoms with Gasteiger partial charge in [0, 0.05) is 43.2 Å². The van der Waals surface area contributed by atoms with Crippen LogP contribution in [0.4, 0.5) is 4.79 Å². The van der Waals surface area contributed by atoms with Gasteiger partial charge in [0.1, 0.15) is 12.2 Å². The lowest BCUT2D eigenvalue weighted by molar-refractivity contribution is -0.144. The number of hydrogen-bond donors (Lipinski definition) is 1. The second kappa shape index (κ2) is 10.4. The van der Waals surface area contributed by atoms with Crippen LogP contribution in [0.2, 0.25) is 0 Å². The largest absolute Gasteiger partial charge is 0.464 e. The van der Waals surface area contributed by atoms with Gasteiger partial charge in [-0.1, -0.05) is 18.2 Å². The van der Waals surface area contributed by atoms with Crippen LogP contribution < -0.4 is 0 Å². The molecule has 1 aromatic carbocycles. The lowest BCUT2D eigenvalue weighted by Gasteiger charge is -2.43. The second-order valence-electron chi connectivity index (χ2n) is 10.8. The van der Waals surface area contributed by atoms with Crippen LogP contribution in [0.3, 0.4) is 0 Å². The number of rotatable bonds is 5. The fraction of sp³-hybridized carbons (Fsp3) is 0.630. The number of fused-ring (bicyclic) bond motifs is 1. The molecule has 2 fully saturated rings. The number of amides is 1. The molecule has 0 saturated carbocycles. The van der Waals surface area contributed by atoms with Crippen LogP contribution in [0.1, 0.15) is 64.9 Å². The number of benzene rings is 1. The van der Waals surface area contributed by atoms with E-state index in [9.17, 15) is 9.59 Å². The number of nitrogens with zero attached hydrogens (tertiary/aromatic N) is 2. The van der Waals surface area contributed by atoms with Crippen LogP contribution >= 0.6 is 0 Å². The first-order valence-corrected chi connectivity index (χ1v) is 12.6. The molecule has 3 heterocycles. The van der Waals surface area contributed by atoms with Crippen molar-refractivity contribution in [2.75, 3.05) is 32.8 Å². The number of piperidine rings is 2. The molecule has 2 aromatic rings. The van der Waals surface area contributed by atoms with Crippen LogP contribution in [0.25, 0.3) is 10.9 Å². The lowest BCUT2D eigenvalue weighted by Crippen LogP contribution is -2.51. The molecule has 0 radical (unpaired) electrons. The Balaban J connectivity index is 1.37. The molecular weight excluding hydrogens is 430 g/mol. The van der Waals surface area contributed by atoms with Gasteiger partial charge in [-0.05, 0) is 83.0 Å². The summed E-state index contributed by atoms with van der Waals surface area (Å²) >= 11 is 0. The Kier molecular flexibility index (Phi) is 7.51. The SMILES string of the molecule is CC(=O)OCC(C1CCN(C(=O)OC(C)(C)C)CC1)N1CCC(c2c[nH]c3ccccc23)CC1. The van der Waals surface area contributed by atoms with E-state index in [-0.39, 0.29) is 18.1 Å². The molecule has 186 valence electrons. The van der Waals surface area contributed by atoms with Crippen LogP contribution in [-0.4, -0.2) is 71.3 Å². The molecule has 1 N–H and O–H groups in total. The minimum atomic E-state index is -0.485. The van der Waals surface area contributed by atoms with Crippen molar-refractivity contribution in [2.45, 2.75) is 70.9 Å². The minimum Gasteiger partial charge on any atom is -0.464 e. The van der Waals surface area contributed by atoms with E-state index in [4.69, 9.17) is 9.47 Å². The zero-order chi connectivity index (χ0) is 24.3. The minimum absolute atomic E-state index is 0.189. The third-order valence-corrected chi connectivity index (χ3v) is 7.25. The number of nitrogens with one attached hydrogen (secondary N) is 1. The number of hydrogen-bond acceptors (Lipinski definition) is 5. The summed E-state index contributed by atoms with van der Waals surface area (Å²) in [6.07, 6.45) is 5.92. The number of para-hydroxylation sites is 1. The monoisotopic (exact) mass is 469 g/mol. The highest BCUT2D eigenvalue weighted by molar-refractivity contribution is 5.83. The zero-order valence-corrected chi connectivity index (χ0v) is 21.0. The summed E-state index contributed by atoms with van der Waals surface area (Å²) in [6, 6.07) is 8.70. The number of esters is 1. The maximum absolute atomic E-state index is 12.5. The number of aromatic amines is 1. The van der Waals surface area contributed by atoms with Gasteiger partial charge in [-0.2, -0.15) is 0 Å². The number of H-pyrrole nitrogens is 1. The Morgan fingerprint density at radius 2 is 1.74 bits per heavy atom. The topological polar surface area (TPSA) is 74.9 Å². The molecule has 2 aliphatic rings. The standard InChI is InChI=1S/C27H39N3O4/c1-19(31)33-18-25(21-11-15-30(16-12-21)26(32)34-27(2,3)4)29-13-9-20(10-14-29)23-17-28-24-8-6-5-7-22(23)24/h5-8,17,20-21,25,28H,9-16,18H2,1-4H3. The predicted octanol–water partition coefficient (Wildman–Crippen LogP) is 4.93. The average molecular weight is 470 g/mol. The first kappa shape index (κ1) is 24.6. The van der Waals surface area contributed by atoms with Gasteiger partial charge in [-0.3, -0.25) is 9.69 Å². The molecule has 1 atom stereocenters. The van der Waals surface area contributed by atoms with Gasteiger partial charge in [0.05, 0.1) is 0 Å². The number of carbonyl (C=O) groups is 2. The first-order valence-electron chi connectivity index (χ1n) is 12.6. The van der Waals surface area contributed by atoms with E-state index >= 15 is 0 Å². The van der Waals surface area contributed by atoms with Gasteiger partial charge in [0.25, 0.3) is 0 Å². The van der Waals surface area contributed by atoms with Crippen LogP contribution in [0.15, 0.2) is 30.5 Å². The lowest BCUT2D eigenvalue weighted by atomic mass is 9.84. The van der Waals surface area contributed by atoms with E-state index in [0.29, 0.717) is 31.5 Å². The highest BCUT2D eigenvalue weighted by Gasteiger charge is 2.36. The van der Waals surface area contributed by atoms with Crippen LogP contribution in [0.5, 0.6) is 0 Å². The molecule has 7 heteroatoms. The molecule has 2 aliphatic heterocycles. The summed E-state index contributed by atoms with van der Waals surface area (Å²) in [4.78, 5) is 31.8. The van der Waals surface area contributed by atoms with Gasteiger partial charge in [0.15, 0.2) is 0 Å². The molecule has 7 nitrogen and oxygen atoms in total. The van der Waals surface area contributed by atoms with Crippen molar-refractivity contribution in [1.82, 2.24) is 14.8 Å². The third kappa shape index (κ3) is 5.93. The highest BCUT2D eigenvalue weighted by Crippen LogP contribution is 2.35. The van der Waals surface area contributed by atoms with E-state index in [0.717, 1.165) is 38.8 Å². The fourth-order valence-corrected chi connectivity index (χ4v) is 5.51. The van der Waals surface area contributed by atoms with Gasteiger partial charge in [-0.25, -0.2) is 4.79 Å². The average Bonchev–Trinajstić information content (AvgIpc) is 3.23. The van der Waals surface area contributed by atoms with Gasteiger partial charge < -0.3 is 19.4 Å². The second-order valence-corrected chi connectivity index (χ2v) is 10.8. The summed E-state index contributed by atoms with van der Waals surface area (Å²) in [7, 11) is 0. The number of ether oxygens (including phenoxy) is 2. The van der Waals surface area contributed by atoms with Crippen molar-refractivity contribution < 1.29 is 19.1 Å². The summed E-state index contributed by atoms with van der Waals surface area (Å²) in [5, 5.41) is 1.33. The molecule has 0 spiro atoms. The molecule has 34 heavy (non-hydrogen) atoms. The normalized spacial score (nSPS) is 19.8. The van der Waals surface area contributed by atoms with Crippen molar-refractivity contribution >= 4 is 23.0 Å². The van der Waals surface area contributed by atoms with Gasteiger partial charge >= 0.3 is 12.1 Å². The molecule has 1 unspecified atom stereocenters. The fourth-order valence-electron chi connectivity index (χ4n) is 5.51. The van der Waals surface area contributed by atoms with Crippen molar-refractivity contribution in [2.24, 2.45) is 5.92 Å². The molecular formula is C27H39N3O4. The zero-order valence-electron chi connectivity index (χ0n) is 21.0. The van der Waals surface area contributed by atoms with Crippen molar-refractivity contribution in [3.63, 3.8) is 0 Å². The number of likely N-dealkylation sites (tertiary alicyclic amines) is 2. The number of carbonyl (C=O) groups excluding carboxylic acids is 2. The maximum atomic E-state index is 12.5. The third-order valence-electron chi connectivity index (χ3n) is 7.25. The molecule has 1 amide bonds. The van der Waals surface area contributed by atoms with Gasteiger partial charge in [-0.15, -0.1) is 0 Å². The molecule has 0 bridgehead atoms. The van der Waals surface area contributed by atoms with E-state index < -0.39 is 5.60 Å². The quantitative estimate of drug-likeness (QED) is 0.629. The summed E-state index contributed by atoms with van der Waals surface area (Å²) in [5.74, 6) is 0.698. The Morgan fingerprint density at radius 3 is 2.38 bits per heavy atom. The molecule has 0 aliphatic carbocycles. The van der Waals surface area contributed by atoms with E-state index in [1.54, 1.807) is 0 Å². The predicted molar refractivity (Wildman–Crippen MR) is 133 cm³/mol. The number of aromatic nitrogens is 1. The van der Waals surface area contributed by atoms with Crippen LogP contribution in [-0.2, 0) is 14.3 Å². The Bertz CT molecular complexity index is 979. The van der Waals surface area contributed by atoms with Crippen molar-refractivity contribution in [3.8, 4) is 0 Å². The Morgan fingerprint density at radius 1 is 1.06 bits per heavy atom. The van der Waals surface area contributed by atoms with Gasteiger partial charge in [0.2, 0.25) is 0 Å². The van der Waals surface area contributed by atoms with Crippen molar-refractivity contribution in [1.29, 1.82) is 0 Å². The maximum Gasteiger partial charge on any atom is 0.410 e. The summed E-state index contributed by atoms with van der Waals surface area (Å²) in [6.45, 7) is 10.9. The van der Waals surface area contributed by atoms with Crippen LogP contribution in [0, 0.1) is 5.92 Å². The molecule has 1 aromatic heterocycles. The first-order chi connectivity index (χ1) is 16.2. The molecule has 4 rings (SSSR count). The summed E-state index contributed by atoms with van der Waals surface area (Å²) < 4.78 is 11.1. The van der Waals surface area contributed by atoms with E-state index in [1.165, 1.54) is 23.4 Å². The highest BCUT2D eigenvalue weighted by atomic mass is 16.6. The summed E-state index contributed by atoms with van der Waals surface area (Å²) in [5.41, 5.74) is 2.13. The van der Waals surface area contributed by atoms with E-state index in [1.807, 2.05) is 25.7 Å².